The third-order valence-corrected chi connectivity index (χ3v) is 7.16. The number of carbonyl (C=O) groups excluding carboxylic acids is 1. The van der Waals surface area contributed by atoms with Gasteiger partial charge in [0.05, 0.1) is 18.1 Å². The summed E-state index contributed by atoms with van der Waals surface area (Å²) in [5.74, 6) is 2.02. The Hall–Kier alpha value is -4.90. The first-order valence-corrected chi connectivity index (χ1v) is 13.8. The monoisotopic (exact) mass is 543 g/mol. The van der Waals surface area contributed by atoms with Crippen molar-refractivity contribution in [3.63, 3.8) is 0 Å². The van der Waals surface area contributed by atoms with Crippen molar-refractivity contribution >= 4 is 5.78 Å². The van der Waals surface area contributed by atoms with Gasteiger partial charge in [-0.15, -0.1) is 0 Å². The normalized spacial score (nSPS) is 11.6. The molecule has 0 amide bonds. The highest BCUT2D eigenvalue weighted by Crippen LogP contribution is 2.25. The lowest BCUT2D eigenvalue weighted by molar-refractivity contribution is 0.103. The Morgan fingerprint density at radius 2 is 1.54 bits per heavy atom. The van der Waals surface area contributed by atoms with Crippen LogP contribution in [0.3, 0.4) is 0 Å². The van der Waals surface area contributed by atoms with Gasteiger partial charge in [0.15, 0.2) is 5.78 Å². The Morgan fingerprint density at radius 1 is 0.878 bits per heavy atom. The second-order valence-electron chi connectivity index (χ2n) is 10.1. The zero-order valence-corrected chi connectivity index (χ0v) is 23.1. The average Bonchev–Trinajstić information content (AvgIpc) is 3.38. The van der Waals surface area contributed by atoms with E-state index in [1.807, 2.05) is 116 Å². The summed E-state index contributed by atoms with van der Waals surface area (Å²) in [7, 11) is 0. The Labute approximate surface area is 240 Å². The number of allylic oxidation sites excluding steroid dienone is 1. The number of aryl methyl sites for hydroxylation is 1. The van der Waals surface area contributed by atoms with Gasteiger partial charge in [0.2, 0.25) is 5.89 Å². The Bertz CT molecular complexity index is 1610. The van der Waals surface area contributed by atoms with Gasteiger partial charge in [-0.3, -0.25) is 4.79 Å². The van der Waals surface area contributed by atoms with E-state index < -0.39 is 0 Å². The molecule has 1 heterocycles. The first-order valence-electron chi connectivity index (χ1n) is 13.8. The maximum Gasteiger partial charge on any atom is 0.226 e. The number of nitrogens with zero attached hydrogens (tertiary/aromatic N) is 1. The van der Waals surface area contributed by atoms with Gasteiger partial charge in [-0.1, -0.05) is 91.5 Å². The largest absolute Gasteiger partial charge is 0.513 e. The van der Waals surface area contributed by atoms with E-state index in [4.69, 9.17) is 9.15 Å². The highest BCUT2D eigenvalue weighted by Gasteiger charge is 2.19. The standard InChI is InChI=1S/C36H33NO4/c1-25(38)31(24-30-15-9-10-16-33(30)35(39)28-11-5-3-6-12-28)23-27-17-19-32(20-18-27)40-22-21-34-26(2)41-36(37-34)29-13-7-4-8-14-29/h3-20,31,38H,1,21-24H2,2H3. The molecule has 0 bridgehead atoms. The molecule has 0 aliphatic rings. The SMILES string of the molecule is C=C(O)C(Cc1ccc(OCCc2nc(-c3ccccc3)oc2C)cc1)Cc1ccccc1C(=O)c1ccccc1. The van der Waals surface area contributed by atoms with Crippen LogP contribution in [0, 0.1) is 12.8 Å². The lowest BCUT2D eigenvalue weighted by atomic mass is 9.87. The first-order chi connectivity index (χ1) is 20.0. The van der Waals surface area contributed by atoms with E-state index in [9.17, 15) is 9.90 Å². The van der Waals surface area contributed by atoms with Crippen LogP contribution in [-0.2, 0) is 19.3 Å². The second kappa shape index (κ2) is 13.0. The number of aliphatic hydroxyl groups excluding tert-OH is 1. The van der Waals surface area contributed by atoms with E-state index in [1.165, 1.54) is 0 Å². The molecule has 1 aromatic heterocycles. The van der Waals surface area contributed by atoms with Gasteiger partial charge in [-0.25, -0.2) is 4.98 Å². The number of benzene rings is 4. The Morgan fingerprint density at radius 3 is 2.24 bits per heavy atom. The predicted molar refractivity (Wildman–Crippen MR) is 161 cm³/mol. The fraction of sp³-hybridized carbons (Fsp3) is 0.167. The number of aromatic nitrogens is 1. The summed E-state index contributed by atoms with van der Waals surface area (Å²) in [6, 6.07) is 34.6. The Balaban J connectivity index is 1.19. The van der Waals surface area contributed by atoms with Crippen molar-refractivity contribution in [2.45, 2.75) is 26.2 Å². The van der Waals surface area contributed by atoms with Crippen LogP contribution >= 0.6 is 0 Å². The zero-order chi connectivity index (χ0) is 28.6. The van der Waals surface area contributed by atoms with Crippen LogP contribution in [0.4, 0.5) is 0 Å². The highest BCUT2D eigenvalue weighted by atomic mass is 16.5. The number of ether oxygens (including phenoxy) is 1. The van der Waals surface area contributed by atoms with Gasteiger partial charge in [-0.2, -0.15) is 0 Å². The van der Waals surface area contributed by atoms with Crippen molar-refractivity contribution in [1.29, 1.82) is 0 Å². The van der Waals surface area contributed by atoms with Crippen molar-refractivity contribution in [3.8, 4) is 17.2 Å². The van der Waals surface area contributed by atoms with E-state index in [0.717, 1.165) is 33.9 Å². The summed E-state index contributed by atoms with van der Waals surface area (Å²) in [6.45, 7) is 6.22. The molecule has 5 heteroatoms. The van der Waals surface area contributed by atoms with Gasteiger partial charge in [0.1, 0.15) is 11.5 Å². The lowest BCUT2D eigenvalue weighted by Crippen LogP contribution is -2.14. The average molecular weight is 544 g/mol. The summed E-state index contributed by atoms with van der Waals surface area (Å²) in [6.07, 6.45) is 1.73. The summed E-state index contributed by atoms with van der Waals surface area (Å²) in [5.41, 5.74) is 5.06. The smallest absolute Gasteiger partial charge is 0.226 e. The van der Waals surface area contributed by atoms with E-state index in [1.54, 1.807) is 0 Å². The molecule has 41 heavy (non-hydrogen) atoms. The maximum atomic E-state index is 13.2. The molecule has 1 N–H and O–H groups in total. The number of ketones is 1. The summed E-state index contributed by atoms with van der Waals surface area (Å²) in [5, 5.41) is 10.4. The topological polar surface area (TPSA) is 72.6 Å². The fourth-order valence-corrected chi connectivity index (χ4v) is 4.87. The molecule has 1 atom stereocenters. The van der Waals surface area contributed by atoms with Crippen LogP contribution in [0.15, 0.2) is 126 Å². The summed E-state index contributed by atoms with van der Waals surface area (Å²) in [4.78, 5) is 17.8. The molecular weight excluding hydrogens is 510 g/mol. The molecule has 4 aromatic carbocycles. The zero-order valence-electron chi connectivity index (χ0n) is 23.1. The van der Waals surface area contributed by atoms with E-state index in [-0.39, 0.29) is 17.5 Å². The molecule has 0 radical (unpaired) electrons. The fourth-order valence-electron chi connectivity index (χ4n) is 4.87. The molecule has 206 valence electrons. The van der Waals surface area contributed by atoms with Crippen LogP contribution in [0.2, 0.25) is 0 Å². The molecule has 5 nitrogen and oxygen atoms in total. The summed E-state index contributed by atoms with van der Waals surface area (Å²) < 4.78 is 11.8. The first kappa shape index (κ1) is 27.7. The minimum atomic E-state index is -0.236. The molecule has 0 aliphatic carbocycles. The molecule has 0 fully saturated rings. The van der Waals surface area contributed by atoms with Gasteiger partial charge >= 0.3 is 0 Å². The van der Waals surface area contributed by atoms with Gasteiger partial charge in [0, 0.05) is 29.0 Å². The van der Waals surface area contributed by atoms with Crippen LogP contribution < -0.4 is 4.74 Å². The van der Waals surface area contributed by atoms with Crippen molar-refractivity contribution in [3.05, 3.63) is 155 Å². The van der Waals surface area contributed by atoms with Crippen LogP contribution in [0.1, 0.15) is 38.5 Å². The minimum Gasteiger partial charge on any atom is -0.513 e. The van der Waals surface area contributed by atoms with E-state index in [0.29, 0.717) is 42.9 Å². The summed E-state index contributed by atoms with van der Waals surface area (Å²) >= 11 is 0. The van der Waals surface area contributed by atoms with Crippen molar-refractivity contribution < 1.29 is 19.1 Å². The highest BCUT2D eigenvalue weighted by molar-refractivity contribution is 6.09. The third kappa shape index (κ3) is 7.00. The van der Waals surface area contributed by atoms with Crippen molar-refractivity contribution in [2.75, 3.05) is 6.61 Å². The lowest BCUT2D eigenvalue weighted by Gasteiger charge is -2.18. The van der Waals surface area contributed by atoms with Crippen molar-refractivity contribution in [2.24, 2.45) is 5.92 Å². The van der Waals surface area contributed by atoms with Crippen LogP contribution in [0.5, 0.6) is 5.75 Å². The van der Waals surface area contributed by atoms with E-state index in [2.05, 4.69) is 11.6 Å². The molecule has 0 saturated carbocycles. The Kier molecular flexibility index (Phi) is 8.75. The van der Waals surface area contributed by atoms with Crippen LogP contribution in [0.25, 0.3) is 11.5 Å². The minimum absolute atomic E-state index is 0.0258. The number of rotatable bonds is 12. The van der Waals surface area contributed by atoms with Gasteiger partial charge in [0.25, 0.3) is 0 Å². The third-order valence-electron chi connectivity index (χ3n) is 7.16. The number of hydrogen-bond acceptors (Lipinski definition) is 5. The molecule has 1 unspecified atom stereocenters. The second-order valence-corrected chi connectivity index (χ2v) is 10.1. The maximum absolute atomic E-state index is 13.2. The molecule has 0 saturated heterocycles. The molecule has 5 aromatic rings. The van der Waals surface area contributed by atoms with Gasteiger partial charge in [-0.05, 0) is 55.2 Å². The molecule has 0 aliphatic heterocycles. The van der Waals surface area contributed by atoms with Crippen LogP contribution in [-0.4, -0.2) is 22.5 Å². The predicted octanol–water partition coefficient (Wildman–Crippen LogP) is 7.98. The number of hydrogen-bond donors (Lipinski definition) is 1. The quantitative estimate of drug-likeness (QED) is 0.128. The van der Waals surface area contributed by atoms with E-state index >= 15 is 0 Å². The molecule has 0 spiro atoms. The number of aliphatic hydroxyl groups is 1. The number of carbonyl (C=O) groups is 1. The number of oxazole rings is 1. The molecular formula is C36H33NO4. The molecule has 5 rings (SSSR count). The van der Waals surface area contributed by atoms with Gasteiger partial charge < -0.3 is 14.3 Å². The van der Waals surface area contributed by atoms with Crippen molar-refractivity contribution in [1.82, 2.24) is 4.98 Å².